The van der Waals surface area contributed by atoms with Crippen LogP contribution in [0.25, 0.3) is 0 Å². The number of rotatable bonds is 4. The van der Waals surface area contributed by atoms with Crippen LogP contribution < -0.4 is 16.0 Å². The monoisotopic (exact) mass is 297 g/mol. The topological polar surface area (TPSA) is 87.3 Å². The standard InChI is InChI=1S/C13H16ClN3O3/c1-8-3-4-10(14)7-11(8)17-13(20)12(19)16-6-5-15-9(2)18/h3-4,7H,5-6H2,1-2H3,(H,15,18)(H,16,19)(H,17,20). The fraction of sp³-hybridized carbons (Fsp3) is 0.308. The smallest absolute Gasteiger partial charge is 0.313 e. The van der Waals surface area contributed by atoms with Gasteiger partial charge < -0.3 is 16.0 Å². The number of amides is 3. The van der Waals surface area contributed by atoms with E-state index in [9.17, 15) is 14.4 Å². The molecule has 0 fully saturated rings. The first kappa shape index (κ1) is 16.0. The molecule has 20 heavy (non-hydrogen) atoms. The zero-order valence-electron chi connectivity index (χ0n) is 11.2. The summed E-state index contributed by atoms with van der Waals surface area (Å²) in [5.41, 5.74) is 1.29. The Labute approximate surface area is 121 Å². The Morgan fingerprint density at radius 1 is 1.10 bits per heavy atom. The van der Waals surface area contributed by atoms with Crippen molar-refractivity contribution in [2.24, 2.45) is 0 Å². The van der Waals surface area contributed by atoms with E-state index in [0.29, 0.717) is 10.7 Å². The molecule has 0 unspecified atom stereocenters. The van der Waals surface area contributed by atoms with Gasteiger partial charge in [0, 0.05) is 30.7 Å². The Kier molecular flexibility index (Phi) is 5.99. The summed E-state index contributed by atoms with van der Waals surface area (Å²) in [6.45, 7) is 3.61. The number of hydrogen-bond acceptors (Lipinski definition) is 3. The van der Waals surface area contributed by atoms with Crippen molar-refractivity contribution < 1.29 is 14.4 Å². The van der Waals surface area contributed by atoms with Crippen LogP contribution in [-0.2, 0) is 14.4 Å². The van der Waals surface area contributed by atoms with Gasteiger partial charge in [0.25, 0.3) is 0 Å². The second kappa shape index (κ2) is 7.49. The predicted molar refractivity (Wildman–Crippen MR) is 76.5 cm³/mol. The van der Waals surface area contributed by atoms with Crippen LogP contribution in [0.1, 0.15) is 12.5 Å². The summed E-state index contributed by atoms with van der Waals surface area (Å²) in [4.78, 5) is 33.8. The third-order valence-electron chi connectivity index (χ3n) is 2.44. The molecule has 1 aromatic rings. The highest BCUT2D eigenvalue weighted by atomic mass is 35.5. The molecule has 0 saturated carbocycles. The minimum Gasteiger partial charge on any atom is -0.355 e. The Morgan fingerprint density at radius 3 is 2.40 bits per heavy atom. The Balaban J connectivity index is 2.47. The van der Waals surface area contributed by atoms with Crippen LogP contribution in [0.3, 0.4) is 0 Å². The number of carbonyl (C=O) groups excluding carboxylic acids is 3. The average Bonchev–Trinajstić information content (AvgIpc) is 2.38. The van der Waals surface area contributed by atoms with Crippen LogP contribution >= 0.6 is 11.6 Å². The third-order valence-corrected chi connectivity index (χ3v) is 2.67. The minimum absolute atomic E-state index is 0.181. The summed E-state index contributed by atoms with van der Waals surface area (Å²) in [5, 5.41) is 7.84. The van der Waals surface area contributed by atoms with E-state index in [1.807, 2.05) is 0 Å². The lowest BCUT2D eigenvalue weighted by molar-refractivity contribution is -0.136. The van der Waals surface area contributed by atoms with E-state index in [4.69, 9.17) is 11.6 Å². The van der Waals surface area contributed by atoms with Gasteiger partial charge in [0.1, 0.15) is 0 Å². The number of halogens is 1. The molecule has 0 bridgehead atoms. The van der Waals surface area contributed by atoms with Gasteiger partial charge in [0.05, 0.1) is 0 Å². The van der Waals surface area contributed by atoms with Crippen LogP contribution in [-0.4, -0.2) is 30.8 Å². The third kappa shape index (κ3) is 5.27. The molecule has 0 aromatic heterocycles. The highest BCUT2D eigenvalue weighted by Gasteiger charge is 2.14. The van der Waals surface area contributed by atoms with E-state index in [1.165, 1.54) is 6.92 Å². The van der Waals surface area contributed by atoms with Gasteiger partial charge in [-0.25, -0.2) is 0 Å². The number of aryl methyl sites for hydroxylation is 1. The summed E-state index contributed by atoms with van der Waals surface area (Å²) in [6.07, 6.45) is 0. The van der Waals surface area contributed by atoms with Gasteiger partial charge in [-0.1, -0.05) is 17.7 Å². The van der Waals surface area contributed by atoms with Crippen molar-refractivity contribution in [2.75, 3.05) is 18.4 Å². The van der Waals surface area contributed by atoms with Crippen LogP contribution in [0.2, 0.25) is 5.02 Å². The molecule has 6 nitrogen and oxygen atoms in total. The van der Waals surface area contributed by atoms with Gasteiger partial charge in [-0.3, -0.25) is 14.4 Å². The van der Waals surface area contributed by atoms with Crippen molar-refractivity contribution in [3.05, 3.63) is 28.8 Å². The average molecular weight is 298 g/mol. The molecule has 0 radical (unpaired) electrons. The summed E-state index contributed by atoms with van der Waals surface area (Å²) in [7, 11) is 0. The highest BCUT2D eigenvalue weighted by molar-refractivity contribution is 6.40. The molecule has 108 valence electrons. The molecular weight excluding hydrogens is 282 g/mol. The first-order chi connectivity index (χ1) is 9.40. The molecule has 0 aliphatic heterocycles. The van der Waals surface area contributed by atoms with Crippen molar-refractivity contribution in [1.29, 1.82) is 0 Å². The van der Waals surface area contributed by atoms with Crippen LogP contribution in [0.5, 0.6) is 0 Å². The molecular formula is C13H16ClN3O3. The molecule has 0 spiro atoms. The molecule has 3 amide bonds. The van der Waals surface area contributed by atoms with Gasteiger partial charge in [0.15, 0.2) is 0 Å². The molecule has 7 heteroatoms. The predicted octanol–water partition coefficient (Wildman–Crippen LogP) is 0.839. The first-order valence-corrected chi connectivity index (χ1v) is 6.37. The van der Waals surface area contributed by atoms with Crippen LogP contribution in [0.4, 0.5) is 5.69 Å². The maximum absolute atomic E-state index is 11.7. The Morgan fingerprint density at radius 2 is 1.75 bits per heavy atom. The summed E-state index contributed by atoms with van der Waals surface area (Å²) in [6, 6.07) is 5.01. The second-order valence-electron chi connectivity index (χ2n) is 4.15. The quantitative estimate of drug-likeness (QED) is 0.568. The number of anilines is 1. The SMILES string of the molecule is CC(=O)NCCNC(=O)C(=O)Nc1cc(Cl)ccc1C. The molecule has 1 rings (SSSR count). The fourth-order valence-corrected chi connectivity index (χ4v) is 1.57. The van der Waals surface area contributed by atoms with Crippen LogP contribution in [0, 0.1) is 6.92 Å². The van der Waals surface area contributed by atoms with Gasteiger partial charge in [-0.05, 0) is 24.6 Å². The lowest BCUT2D eigenvalue weighted by Gasteiger charge is -2.09. The Bertz CT molecular complexity index is 532. The van der Waals surface area contributed by atoms with E-state index in [-0.39, 0.29) is 19.0 Å². The molecule has 0 aliphatic rings. The van der Waals surface area contributed by atoms with Crippen molar-refractivity contribution in [1.82, 2.24) is 10.6 Å². The molecule has 1 aromatic carbocycles. The number of carbonyl (C=O) groups is 3. The van der Waals surface area contributed by atoms with Crippen LogP contribution in [0.15, 0.2) is 18.2 Å². The first-order valence-electron chi connectivity index (χ1n) is 6.00. The van der Waals surface area contributed by atoms with Gasteiger partial charge in [-0.2, -0.15) is 0 Å². The van der Waals surface area contributed by atoms with E-state index in [0.717, 1.165) is 5.56 Å². The summed E-state index contributed by atoms with van der Waals surface area (Å²) in [5.74, 6) is -1.74. The summed E-state index contributed by atoms with van der Waals surface area (Å²) < 4.78 is 0. The Hall–Kier alpha value is -2.08. The van der Waals surface area contributed by atoms with E-state index in [2.05, 4.69) is 16.0 Å². The lowest BCUT2D eigenvalue weighted by atomic mass is 10.2. The number of hydrogen-bond donors (Lipinski definition) is 3. The largest absolute Gasteiger partial charge is 0.355 e. The fourth-order valence-electron chi connectivity index (χ4n) is 1.40. The maximum atomic E-state index is 11.7. The van der Waals surface area contributed by atoms with Crippen molar-refractivity contribution in [2.45, 2.75) is 13.8 Å². The second-order valence-corrected chi connectivity index (χ2v) is 4.59. The normalized spacial score (nSPS) is 9.75. The van der Waals surface area contributed by atoms with Crippen molar-refractivity contribution >= 4 is 35.0 Å². The molecule has 0 heterocycles. The van der Waals surface area contributed by atoms with Gasteiger partial charge >= 0.3 is 11.8 Å². The zero-order valence-corrected chi connectivity index (χ0v) is 12.0. The minimum atomic E-state index is -0.779. The maximum Gasteiger partial charge on any atom is 0.313 e. The highest BCUT2D eigenvalue weighted by Crippen LogP contribution is 2.19. The molecule has 3 N–H and O–H groups in total. The lowest BCUT2D eigenvalue weighted by Crippen LogP contribution is -2.39. The molecule has 0 atom stereocenters. The number of benzene rings is 1. The molecule has 0 aliphatic carbocycles. The van der Waals surface area contributed by atoms with Crippen molar-refractivity contribution in [3.63, 3.8) is 0 Å². The van der Waals surface area contributed by atoms with E-state index in [1.54, 1.807) is 25.1 Å². The van der Waals surface area contributed by atoms with Gasteiger partial charge in [0.2, 0.25) is 5.91 Å². The zero-order chi connectivity index (χ0) is 15.1. The molecule has 0 saturated heterocycles. The van der Waals surface area contributed by atoms with Gasteiger partial charge in [-0.15, -0.1) is 0 Å². The summed E-state index contributed by atoms with van der Waals surface area (Å²) >= 11 is 5.82. The van der Waals surface area contributed by atoms with E-state index < -0.39 is 11.8 Å². The number of nitrogens with one attached hydrogen (secondary N) is 3. The van der Waals surface area contributed by atoms with Crippen molar-refractivity contribution in [3.8, 4) is 0 Å². The van der Waals surface area contributed by atoms with E-state index >= 15 is 0 Å².